The van der Waals surface area contributed by atoms with E-state index in [-0.39, 0.29) is 30.2 Å². The SMILES string of the molecule is Cl.Cn1cc([C@H]2CNC[C@@H]2C(=O)Nc2cc(C(N)=O)ccc2N2CCCCC2)cn1. The molecule has 2 aliphatic heterocycles. The van der Waals surface area contributed by atoms with Crippen LogP contribution in [0.15, 0.2) is 30.6 Å². The van der Waals surface area contributed by atoms with Crippen LogP contribution >= 0.6 is 12.4 Å². The fourth-order valence-corrected chi connectivity index (χ4v) is 4.36. The number of aryl methyl sites for hydroxylation is 1. The highest BCUT2D eigenvalue weighted by atomic mass is 35.5. The smallest absolute Gasteiger partial charge is 0.248 e. The van der Waals surface area contributed by atoms with Crippen LogP contribution in [-0.4, -0.2) is 47.8 Å². The second-order valence-electron chi connectivity index (χ2n) is 7.95. The predicted octanol–water partition coefficient (Wildman–Crippen LogP) is 1.87. The molecule has 0 aliphatic carbocycles. The number of aromatic nitrogens is 2. The fourth-order valence-electron chi connectivity index (χ4n) is 4.36. The van der Waals surface area contributed by atoms with E-state index < -0.39 is 5.91 Å². The second-order valence-corrected chi connectivity index (χ2v) is 7.95. The lowest BCUT2D eigenvalue weighted by molar-refractivity contribution is -0.119. The van der Waals surface area contributed by atoms with Gasteiger partial charge in [0.1, 0.15) is 0 Å². The Bertz CT molecular complexity index is 909. The summed E-state index contributed by atoms with van der Waals surface area (Å²) in [5.41, 5.74) is 8.54. The lowest BCUT2D eigenvalue weighted by Gasteiger charge is -2.31. The molecule has 2 fully saturated rings. The molecule has 8 nitrogen and oxygen atoms in total. The molecule has 0 radical (unpaired) electrons. The number of rotatable bonds is 5. The molecule has 9 heteroatoms. The third-order valence-electron chi connectivity index (χ3n) is 5.94. The number of halogens is 1. The first-order chi connectivity index (χ1) is 14.0. The average molecular weight is 433 g/mol. The summed E-state index contributed by atoms with van der Waals surface area (Å²) in [6, 6.07) is 5.33. The number of nitrogens with one attached hydrogen (secondary N) is 2. The lowest BCUT2D eigenvalue weighted by Crippen LogP contribution is -2.32. The topological polar surface area (TPSA) is 105 Å². The Kier molecular flexibility index (Phi) is 6.99. The van der Waals surface area contributed by atoms with Crippen LogP contribution in [-0.2, 0) is 11.8 Å². The van der Waals surface area contributed by atoms with E-state index in [9.17, 15) is 9.59 Å². The third-order valence-corrected chi connectivity index (χ3v) is 5.94. The molecule has 0 saturated carbocycles. The molecule has 0 bridgehead atoms. The Morgan fingerprint density at radius 1 is 1.20 bits per heavy atom. The van der Waals surface area contributed by atoms with Crippen LogP contribution in [0, 0.1) is 5.92 Å². The molecule has 2 amide bonds. The lowest BCUT2D eigenvalue weighted by atomic mass is 9.90. The number of hydrogen-bond donors (Lipinski definition) is 3. The largest absolute Gasteiger partial charge is 0.370 e. The number of nitrogens with zero attached hydrogens (tertiary/aromatic N) is 3. The van der Waals surface area contributed by atoms with Crippen molar-refractivity contribution < 1.29 is 9.59 Å². The van der Waals surface area contributed by atoms with Crippen LogP contribution in [0.25, 0.3) is 0 Å². The minimum Gasteiger partial charge on any atom is -0.370 e. The van der Waals surface area contributed by atoms with Gasteiger partial charge in [0, 0.05) is 50.9 Å². The number of carbonyl (C=O) groups excluding carboxylic acids is 2. The molecule has 30 heavy (non-hydrogen) atoms. The van der Waals surface area contributed by atoms with Crippen LogP contribution in [0.5, 0.6) is 0 Å². The van der Waals surface area contributed by atoms with Gasteiger partial charge in [-0.25, -0.2) is 0 Å². The highest BCUT2D eigenvalue weighted by Crippen LogP contribution is 2.33. The average Bonchev–Trinajstić information content (AvgIpc) is 3.37. The van der Waals surface area contributed by atoms with Gasteiger partial charge in [-0.1, -0.05) is 0 Å². The third kappa shape index (κ3) is 4.60. The first-order valence-corrected chi connectivity index (χ1v) is 10.2. The first-order valence-electron chi connectivity index (χ1n) is 10.2. The molecule has 0 spiro atoms. The van der Waals surface area contributed by atoms with E-state index in [0.717, 1.165) is 43.7 Å². The predicted molar refractivity (Wildman–Crippen MR) is 119 cm³/mol. The van der Waals surface area contributed by atoms with Crippen LogP contribution in [0.3, 0.4) is 0 Å². The quantitative estimate of drug-likeness (QED) is 0.668. The van der Waals surface area contributed by atoms with Gasteiger partial charge >= 0.3 is 0 Å². The second kappa shape index (κ2) is 9.49. The molecule has 3 heterocycles. The van der Waals surface area contributed by atoms with Gasteiger partial charge in [0.15, 0.2) is 0 Å². The molecular formula is C21H29ClN6O2. The van der Waals surface area contributed by atoms with Crippen molar-refractivity contribution in [2.45, 2.75) is 25.2 Å². The Morgan fingerprint density at radius 2 is 1.97 bits per heavy atom. The Balaban J connectivity index is 0.00000256. The van der Waals surface area contributed by atoms with Crippen LogP contribution < -0.4 is 21.3 Å². The zero-order chi connectivity index (χ0) is 20.4. The molecule has 1 aromatic heterocycles. The zero-order valence-corrected chi connectivity index (χ0v) is 18.0. The number of benzene rings is 1. The molecule has 2 aliphatic rings. The van der Waals surface area contributed by atoms with Gasteiger partial charge in [-0.15, -0.1) is 12.4 Å². The first kappa shape index (κ1) is 22.1. The van der Waals surface area contributed by atoms with Crippen molar-refractivity contribution in [3.05, 3.63) is 41.7 Å². The normalized spacial score (nSPS) is 21.2. The molecule has 162 valence electrons. The maximum atomic E-state index is 13.2. The van der Waals surface area contributed by atoms with Crippen molar-refractivity contribution in [1.29, 1.82) is 0 Å². The van der Waals surface area contributed by atoms with Gasteiger partial charge in [0.05, 0.1) is 23.5 Å². The molecule has 2 aromatic rings. The van der Waals surface area contributed by atoms with Crippen LogP contribution in [0.4, 0.5) is 11.4 Å². The maximum Gasteiger partial charge on any atom is 0.248 e. The highest BCUT2D eigenvalue weighted by Gasteiger charge is 2.35. The molecule has 2 saturated heterocycles. The number of amides is 2. The summed E-state index contributed by atoms with van der Waals surface area (Å²) >= 11 is 0. The summed E-state index contributed by atoms with van der Waals surface area (Å²) in [7, 11) is 1.88. The van der Waals surface area contributed by atoms with E-state index in [2.05, 4.69) is 20.6 Å². The number of carbonyl (C=O) groups is 2. The molecule has 2 atom stereocenters. The number of anilines is 2. The summed E-state index contributed by atoms with van der Waals surface area (Å²) in [5, 5.41) is 10.7. The van der Waals surface area contributed by atoms with Crippen molar-refractivity contribution in [3.8, 4) is 0 Å². The van der Waals surface area contributed by atoms with Crippen molar-refractivity contribution in [2.24, 2.45) is 18.7 Å². The Morgan fingerprint density at radius 3 is 2.63 bits per heavy atom. The molecular weight excluding hydrogens is 404 g/mol. The van der Waals surface area contributed by atoms with E-state index in [0.29, 0.717) is 17.8 Å². The fraction of sp³-hybridized carbons (Fsp3) is 0.476. The van der Waals surface area contributed by atoms with E-state index in [1.54, 1.807) is 16.8 Å². The van der Waals surface area contributed by atoms with Gasteiger partial charge in [-0.05, 0) is 43.0 Å². The summed E-state index contributed by atoms with van der Waals surface area (Å²) < 4.78 is 1.76. The number of hydrogen-bond acceptors (Lipinski definition) is 5. The summed E-state index contributed by atoms with van der Waals surface area (Å²) in [6.07, 6.45) is 7.26. The van der Waals surface area contributed by atoms with Crippen molar-refractivity contribution in [1.82, 2.24) is 15.1 Å². The standard InChI is InChI=1S/C21H28N6O2.ClH/c1-26-13-15(10-24-26)16-11-23-12-17(16)21(29)25-18-9-14(20(22)28)5-6-19(18)27-7-3-2-4-8-27;/h5-6,9-10,13,16-17,23H,2-4,7-8,11-12H2,1H3,(H2,22,28)(H,25,29);1H/t16-,17+;/m1./s1. The summed E-state index contributed by atoms with van der Waals surface area (Å²) in [6.45, 7) is 3.24. The van der Waals surface area contributed by atoms with Crippen molar-refractivity contribution in [3.63, 3.8) is 0 Å². The minimum absolute atomic E-state index is 0. The van der Waals surface area contributed by atoms with Crippen LogP contribution in [0.2, 0.25) is 0 Å². The van der Waals surface area contributed by atoms with E-state index >= 15 is 0 Å². The van der Waals surface area contributed by atoms with Crippen molar-refractivity contribution in [2.75, 3.05) is 36.4 Å². The Hall–Kier alpha value is -2.58. The van der Waals surface area contributed by atoms with Gasteiger partial charge in [0.25, 0.3) is 0 Å². The zero-order valence-electron chi connectivity index (χ0n) is 17.1. The molecule has 0 unspecified atom stereocenters. The molecule has 4 rings (SSSR count). The number of primary amides is 1. The van der Waals surface area contributed by atoms with E-state index in [1.807, 2.05) is 25.5 Å². The maximum absolute atomic E-state index is 13.2. The summed E-state index contributed by atoms with van der Waals surface area (Å²) in [4.78, 5) is 27.2. The monoisotopic (exact) mass is 432 g/mol. The van der Waals surface area contributed by atoms with E-state index in [1.165, 1.54) is 6.42 Å². The van der Waals surface area contributed by atoms with Gasteiger partial charge in [-0.3, -0.25) is 14.3 Å². The molecule has 1 aromatic carbocycles. The van der Waals surface area contributed by atoms with E-state index in [4.69, 9.17) is 5.73 Å². The van der Waals surface area contributed by atoms with Gasteiger partial charge in [-0.2, -0.15) is 5.10 Å². The minimum atomic E-state index is -0.499. The number of piperidine rings is 1. The van der Waals surface area contributed by atoms with Crippen LogP contribution in [0.1, 0.15) is 41.1 Å². The Labute approximate surface area is 182 Å². The van der Waals surface area contributed by atoms with Gasteiger partial charge in [0.2, 0.25) is 11.8 Å². The van der Waals surface area contributed by atoms with Crippen molar-refractivity contribution >= 4 is 35.6 Å². The highest BCUT2D eigenvalue weighted by molar-refractivity contribution is 6.00. The summed E-state index contributed by atoms with van der Waals surface area (Å²) in [5.74, 6) is -0.683. The van der Waals surface area contributed by atoms with Gasteiger partial charge < -0.3 is 21.3 Å². The number of nitrogens with two attached hydrogens (primary N) is 1. The molecule has 4 N–H and O–H groups in total.